The van der Waals surface area contributed by atoms with Gasteiger partial charge in [0.2, 0.25) is 0 Å². The third-order valence-electron chi connectivity index (χ3n) is 6.96. The van der Waals surface area contributed by atoms with Crippen LogP contribution in [0.1, 0.15) is 116 Å². The van der Waals surface area contributed by atoms with Crippen LogP contribution in [0.4, 0.5) is 0 Å². The number of carbonyl (C=O) groups is 2. The van der Waals surface area contributed by atoms with E-state index < -0.39 is 0 Å². The van der Waals surface area contributed by atoms with E-state index in [-0.39, 0.29) is 11.9 Å². The van der Waals surface area contributed by atoms with Gasteiger partial charge in [-0.1, -0.05) is 41.9 Å². The van der Waals surface area contributed by atoms with Crippen LogP contribution < -0.4 is 9.47 Å². The van der Waals surface area contributed by atoms with E-state index in [0.717, 1.165) is 73.6 Å². The summed E-state index contributed by atoms with van der Waals surface area (Å²) in [4.78, 5) is 23.5. The van der Waals surface area contributed by atoms with E-state index in [4.69, 9.17) is 9.47 Å². The van der Waals surface area contributed by atoms with Crippen LogP contribution in [-0.2, 0) is 16.0 Å². The molecular weight excluding hydrogens is 460 g/mol. The second-order valence-corrected chi connectivity index (χ2v) is 10.9. The van der Waals surface area contributed by atoms with E-state index in [0.29, 0.717) is 17.4 Å². The van der Waals surface area contributed by atoms with E-state index >= 15 is 0 Å². The zero-order chi connectivity index (χ0) is 28.1. The van der Waals surface area contributed by atoms with Gasteiger partial charge in [0.25, 0.3) is 0 Å². The average molecular weight is 511 g/mol. The molecule has 0 unspecified atom stereocenters. The molecule has 0 saturated carbocycles. The lowest BCUT2D eigenvalue weighted by Crippen LogP contribution is -2.12. The molecule has 0 aliphatic rings. The van der Waals surface area contributed by atoms with Gasteiger partial charge < -0.3 is 9.47 Å². The first-order chi connectivity index (χ1) is 17.3. The molecule has 1 aromatic carbocycles. The van der Waals surface area contributed by atoms with Crippen molar-refractivity contribution in [1.82, 2.24) is 0 Å². The van der Waals surface area contributed by atoms with Gasteiger partial charge in [0.15, 0.2) is 0 Å². The molecule has 1 aromatic rings. The molecule has 0 bridgehead atoms. The Balaban J connectivity index is 2.73. The van der Waals surface area contributed by atoms with Gasteiger partial charge in [-0.05, 0) is 122 Å². The summed E-state index contributed by atoms with van der Waals surface area (Å²) in [5.74, 6) is 1.04. The average Bonchev–Trinajstić information content (AvgIpc) is 2.79. The van der Waals surface area contributed by atoms with Gasteiger partial charge in [0.05, 0.1) is 0 Å². The standard InChI is InChI=1S/C33H50O4/c1-22(2)14-11-15-23(3)16-12-17-24(4)18-13-19-25(5)20-21-31-28(8)32(36-29(9)34)26(6)27(7)33(31)37-30(10)35/h14,16,18,25H,11-13,15,17,19-21H2,1-10H3/b23-16+,24-18+/t25-/m0/s1. The molecule has 0 aliphatic carbocycles. The molecule has 4 heteroatoms. The van der Waals surface area contributed by atoms with Crippen molar-refractivity contribution in [2.75, 3.05) is 0 Å². The van der Waals surface area contributed by atoms with Gasteiger partial charge in [-0.3, -0.25) is 9.59 Å². The van der Waals surface area contributed by atoms with Gasteiger partial charge in [-0.2, -0.15) is 0 Å². The second-order valence-electron chi connectivity index (χ2n) is 10.9. The molecule has 206 valence electrons. The molecular formula is C33H50O4. The Bertz CT molecular complexity index is 1020. The van der Waals surface area contributed by atoms with Crippen LogP contribution >= 0.6 is 0 Å². The van der Waals surface area contributed by atoms with Crippen LogP contribution in [0.2, 0.25) is 0 Å². The lowest BCUT2D eigenvalue weighted by atomic mass is 9.90. The number of rotatable bonds is 14. The summed E-state index contributed by atoms with van der Waals surface area (Å²) in [5.41, 5.74) is 7.83. The summed E-state index contributed by atoms with van der Waals surface area (Å²) in [6.45, 7) is 19.6. The minimum absolute atomic E-state index is 0.338. The van der Waals surface area contributed by atoms with Crippen molar-refractivity contribution in [2.24, 2.45) is 5.92 Å². The molecule has 0 saturated heterocycles. The van der Waals surface area contributed by atoms with E-state index in [1.807, 2.05) is 20.8 Å². The molecule has 0 spiro atoms. The van der Waals surface area contributed by atoms with E-state index in [2.05, 4.69) is 52.8 Å². The van der Waals surface area contributed by atoms with E-state index in [1.54, 1.807) is 0 Å². The lowest BCUT2D eigenvalue weighted by molar-refractivity contribution is -0.133. The minimum Gasteiger partial charge on any atom is -0.426 e. The summed E-state index contributed by atoms with van der Waals surface area (Å²) < 4.78 is 11.2. The molecule has 0 radical (unpaired) electrons. The molecule has 1 rings (SSSR count). The van der Waals surface area contributed by atoms with Crippen molar-refractivity contribution in [3.8, 4) is 11.5 Å². The Morgan fingerprint density at radius 2 is 1.16 bits per heavy atom. The summed E-state index contributed by atoms with van der Waals surface area (Å²) in [6, 6.07) is 0. The van der Waals surface area contributed by atoms with Crippen LogP contribution in [-0.4, -0.2) is 11.9 Å². The fourth-order valence-corrected chi connectivity index (χ4v) is 4.52. The van der Waals surface area contributed by atoms with Crippen molar-refractivity contribution in [3.05, 3.63) is 57.2 Å². The summed E-state index contributed by atoms with van der Waals surface area (Å²) >= 11 is 0. The Morgan fingerprint density at radius 3 is 1.70 bits per heavy atom. The van der Waals surface area contributed by atoms with Crippen molar-refractivity contribution >= 4 is 11.9 Å². The molecule has 37 heavy (non-hydrogen) atoms. The quantitative estimate of drug-likeness (QED) is 0.142. The highest BCUT2D eigenvalue weighted by molar-refractivity contribution is 5.74. The first-order valence-corrected chi connectivity index (χ1v) is 13.8. The highest BCUT2D eigenvalue weighted by atomic mass is 16.5. The first-order valence-electron chi connectivity index (χ1n) is 13.8. The summed E-state index contributed by atoms with van der Waals surface area (Å²) in [6.07, 6.45) is 15.5. The Morgan fingerprint density at radius 1 is 0.676 bits per heavy atom. The number of ether oxygens (including phenoxy) is 2. The van der Waals surface area contributed by atoms with Gasteiger partial charge >= 0.3 is 11.9 Å². The number of benzene rings is 1. The van der Waals surface area contributed by atoms with Gasteiger partial charge in [-0.25, -0.2) is 0 Å². The Labute approximate surface area is 226 Å². The third kappa shape index (κ3) is 12.0. The maximum atomic E-state index is 11.8. The predicted molar refractivity (Wildman–Crippen MR) is 155 cm³/mol. The smallest absolute Gasteiger partial charge is 0.308 e. The lowest BCUT2D eigenvalue weighted by Gasteiger charge is -2.21. The Kier molecular flexibility index (Phi) is 14.3. The molecule has 0 aromatic heterocycles. The Hall–Kier alpha value is -2.62. The van der Waals surface area contributed by atoms with Crippen molar-refractivity contribution in [1.29, 1.82) is 0 Å². The minimum atomic E-state index is -0.346. The molecule has 0 N–H and O–H groups in total. The van der Waals surface area contributed by atoms with Crippen LogP contribution in [0, 0.1) is 26.7 Å². The summed E-state index contributed by atoms with van der Waals surface area (Å²) in [5, 5.41) is 0. The number of hydrogen-bond donors (Lipinski definition) is 0. The largest absolute Gasteiger partial charge is 0.426 e. The van der Waals surface area contributed by atoms with Crippen LogP contribution in [0.25, 0.3) is 0 Å². The topological polar surface area (TPSA) is 52.6 Å². The van der Waals surface area contributed by atoms with E-state index in [1.165, 1.54) is 30.6 Å². The maximum absolute atomic E-state index is 11.8. The fourth-order valence-electron chi connectivity index (χ4n) is 4.52. The fraction of sp³-hybridized carbons (Fsp3) is 0.576. The van der Waals surface area contributed by atoms with Crippen molar-refractivity contribution < 1.29 is 19.1 Å². The number of allylic oxidation sites excluding steroid dienone is 6. The third-order valence-corrected chi connectivity index (χ3v) is 6.96. The molecule has 0 aliphatic heterocycles. The molecule has 4 nitrogen and oxygen atoms in total. The van der Waals surface area contributed by atoms with Gasteiger partial charge in [0, 0.05) is 19.4 Å². The monoisotopic (exact) mass is 510 g/mol. The van der Waals surface area contributed by atoms with Gasteiger partial charge in [0.1, 0.15) is 11.5 Å². The van der Waals surface area contributed by atoms with Crippen molar-refractivity contribution in [2.45, 2.75) is 121 Å². The number of hydrogen-bond acceptors (Lipinski definition) is 4. The zero-order valence-electron chi connectivity index (χ0n) is 25.1. The first kappa shape index (κ1) is 32.4. The SMILES string of the molecule is CC(=O)Oc1c(C)c(C)c(OC(C)=O)c(CC[C@@H](C)CC/C=C(\C)CC/C=C(\C)CCC=C(C)C)c1C. The molecule has 0 heterocycles. The van der Waals surface area contributed by atoms with Crippen LogP contribution in [0.3, 0.4) is 0 Å². The number of carbonyl (C=O) groups excluding carboxylic acids is 2. The number of esters is 2. The highest BCUT2D eigenvalue weighted by Gasteiger charge is 2.22. The second kappa shape index (κ2) is 16.3. The van der Waals surface area contributed by atoms with Crippen LogP contribution in [0.5, 0.6) is 11.5 Å². The zero-order valence-corrected chi connectivity index (χ0v) is 25.1. The molecule has 0 fully saturated rings. The van der Waals surface area contributed by atoms with E-state index in [9.17, 15) is 9.59 Å². The van der Waals surface area contributed by atoms with Crippen molar-refractivity contribution in [3.63, 3.8) is 0 Å². The summed E-state index contributed by atoms with van der Waals surface area (Å²) in [7, 11) is 0. The van der Waals surface area contributed by atoms with Gasteiger partial charge in [-0.15, -0.1) is 0 Å². The predicted octanol–water partition coefficient (Wildman–Crippen LogP) is 9.23. The molecule has 1 atom stereocenters. The van der Waals surface area contributed by atoms with Crippen LogP contribution in [0.15, 0.2) is 34.9 Å². The molecule has 0 amide bonds. The normalized spacial score (nSPS) is 12.8. The maximum Gasteiger partial charge on any atom is 0.308 e. The highest BCUT2D eigenvalue weighted by Crippen LogP contribution is 2.39.